The molecule has 4 nitrogen and oxygen atoms in total. The Morgan fingerprint density at radius 3 is 2.28 bits per heavy atom. The Kier molecular flexibility index (Phi) is 4.70. The van der Waals surface area contributed by atoms with E-state index in [0.717, 1.165) is 5.56 Å². The molecule has 0 aliphatic heterocycles. The van der Waals surface area contributed by atoms with Crippen molar-refractivity contribution in [1.82, 2.24) is 0 Å². The van der Waals surface area contributed by atoms with Crippen molar-refractivity contribution in [2.75, 3.05) is 13.2 Å². The number of aryl methyl sites for hydroxylation is 1. The molecule has 1 aliphatic carbocycles. The number of benzene rings is 2. The molecular weight excluding hydrogens is 341 g/mol. The number of hydrogen-bond acceptors (Lipinski definition) is 4. The maximum absolute atomic E-state index is 13.2. The maximum Gasteiger partial charge on any atom is 0.183 e. The van der Waals surface area contributed by atoms with Crippen molar-refractivity contribution in [3.05, 3.63) is 65.5 Å². The summed E-state index contributed by atoms with van der Waals surface area (Å²) in [6.07, 6.45) is 0. The normalized spacial score (nSPS) is 25.8. The molecule has 0 bridgehead atoms. The number of nitrogens with two attached hydrogens (primary N) is 1. The summed E-state index contributed by atoms with van der Waals surface area (Å²) >= 11 is 0. The van der Waals surface area contributed by atoms with E-state index in [1.807, 2.05) is 13.8 Å². The fraction of sp³-hybridized carbons (Fsp3) is 0.368. The Bertz CT molecular complexity index is 849. The predicted molar refractivity (Wildman–Crippen MR) is 94.7 cm³/mol. The van der Waals surface area contributed by atoms with Gasteiger partial charge in [0.05, 0.1) is 22.3 Å². The van der Waals surface area contributed by atoms with Crippen LogP contribution >= 0.6 is 0 Å². The molecule has 0 saturated heterocycles. The van der Waals surface area contributed by atoms with Crippen LogP contribution in [0.4, 0.5) is 4.39 Å². The molecule has 2 aromatic rings. The topological polar surface area (TPSA) is 69.4 Å². The molecule has 2 aromatic carbocycles. The molecule has 0 unspecified atom stereocenters. The van der Waals surface area contributed by atoms with E-state index in [1.54, 1.807) is 36.4 Å². The van der Waals surface area contributed by atoms with Crippen LogP contribution in [0.2, 0.25) is 0 Å². The lowest BCUT2D eigenvalue weighted by atomic mass is 10.1. The SMILES string of the molecule is CCOC[C@]1(N)[C@@H](c2ccc(F)cc2)[C@@H]1S(=O)(=O)c1ccc(C)cc1. The highest BCUT2D eigenvalue weighted by Crippen LogP contribution is 2.55. The number of ether oxygens (including phenoxy) is 1. The van der Waals surface area contributed by atoms with Gasteiger partial charge in [-0.15, -0.1) is 0 Å². The van der Waals surface area contributed by atoms with Gasteiger partial charge in [0.25, 0.3) is 0 Å². The standard InChI is InChI=1S/C19H22FNO3S/c1-3-24-12-19(21)17(14-6-8-15(20)9-7-14)18(19)25(22,23)16-10-4-13(2)5-11-16/h4-11,17-18H,3,12,21H2,1-2H3/t17-,18-,19-/m0/s1. The average Bonchev–Trinajstić information content (AvgIpc) is 3.21. The second-order valence-electron chi connectivity index (χ2n) is 6.56. The monoisotopic (exact) mass is 363 g/mol. The van der Waals surface area contributed by atoms with Crippen LogP contribution in [0.1, 0.15) is 24.0 Å². The van der Waals surface area contributed by atoms with Gasteiger partial charge in [0, 0.05) is 12.5 Å². The van der Waals surface area contributed by atoms with Gasteiger partial charge >= 0.3 is 0 Å². The van der Waals surface area contributed by atoms with Crippen molar-refractivity contribution in [3.8, 4) is 0 Å². The first kappa shape index (κ1) is 18.0. The lowest BCUT2D eigenvalue weighted by Crippen LogP contribution is -2.36. The van der Waals surface area contributed by atoms with E-state index >= 15 is 0 Å². The van der Waals surface area contributed by atoms with Crippen LogP contribution in [0.5, 0.6) is 0 Å². The molecule has 0 aromatic heterocycles. The molecule has 1 saturated carbocycles. The Balaban J connectivity index is 1.99. The van der Waals surface area contributed by atoms with E-state index in [4.69, 9.17) is 10.5 Å². The summed E-state index contributed by atoms with van der Waals surface area (Å²) in [5.41, 5.74) is 7.13. The van der Waals surface area contributed by atoms with Crippen LogP contribution in [-0.2, 0) is 14.6 Å². The van der Waals surface area contributed by atoms with Crippen molar-refractivity contribution < 1.29 is 17.5 Å². The van der Waals surface area contributed by atoms with Gasteiger partial charge < -0.3 is 10.5 Å². The zero-order valence-electron chi connectivity index (χ0n) is 14.3. The van der Waals surface area contributed by atoms with Crippen molar-refractivity contribution in [2.45, 2.75) is 35.4 Å². The lowest BCUT2D eigenvalue weighted by molar-refractivity contribution is 0.125. The van der Waals surface area contributed by atoms with E-state index in [9.17, 15) is 12.8 Å². The fourth-order valence-corrected chi connectivity index (χ4v) is 5.66. The van der Waals surface area contributed by atoms with Crippen LogP contribution in [-0.4, -0.2) is 32.4 Å². The lowest BCUT2D eigenvalue weighted by Gasteiger charge is -2.12. The van der Waals surface area contributed by atoms with Gasteiger partial charge in [-0.05, 0) is 43.7 Å². The summed E-state index contributed by atoms with van der Waals surface area (Å²) in [7, 11) is -3.63. The highest BCUT2D eigenvalue weighted by molar-refractivity contribution is 7.92. The minimum atomic E-state index is -3.63. The molecule has 0 spiro atoms. The Morgan fingerprint density at radius 1 is 1.12 bits per heavy atom. The summed E-state index contributed by atoms with van der Waals surface area (Å²) < 4.78 is 44.9. The molecule has 0 heterocycles. The first-order chi connectivity index (χ1) is 11.8. The summed E-state index contributed by atoms with van der Waals surface area (Å²) in [4.78, 5) is 0.249. The molecule has 3 rings (SSSR count). The first-order valence-electron chi connectivity index (χ1n) is 8.23. The molecule has 3 atom stereocenters. The van der Waals surface area contributed by atoms with Crippen LogP contribution in [0, 0.1) is 12.7 Å². The zero-order chi connectivity index (χ0) is 18.2. The molecule has 6 heteroatoms. The highest BCUT2D eigenvalue weighted by atomic mass is 32.2. The van der Waals surface area contributed by atoms with Crippen molar-refractivity contribution in [3.63, 3.8) is 0 Å². The first-order valence-corrected chi connectivity index (χ1v) is 9.78. The summed E-state index contributed by atoms with van der Waals surface area (Å²) in [5, 5.41) is -0.792. The maximum atomic E-state index is 13.2. The molecule has 2 N–H and O–H groups in total. The van der Waals surface area contributed by atoms with Crippen LogP contribution < -0.4 is 5.73 Å². The van der Waals surface area contributed by atoms with Gasteiger partial charge in [0.15, 0.2) is 9.84 Å². The summed E-state index contributed by atoms with van der Waals surface area (Å²) in [6.45, 7) is 4.33. The van der Waals surface area contributed by atoms with E-state index in [2.05, 4.69) is 0 Å². The van der Waals surface area contributed by atoms with Gasteiger partial charge in [-0.25, -0.2) is 12.8 Å². The number of rotatable bonds is 6. The molecule has 1 fully saturated rings. The third kappa shape index (κ3) is 3.21. The van der Waals surface area contributed by atoms with Crippen molar-refractivity contribution in [1.29, 1.82) is 0 Å². The van der Waals surface area contributed by atoms with E-state index < -0.39 is 26.5 Å². The minimum Gasteiger partial charge on any atom is -0.380 e. The van der Waals surface area contributed by atoms with E-state index in [0.29, 0.717) is 12.2 Å². The smallest absolute Gasteiger partial charge is 0.183 e. The van der Waals surface area contributed by atoms with E-state index in [-0.39, 0.29) is 17.3 Å². The molecule has 1 aliphatic rings. The van der Waals surface area contributed by atoms with Crippen LogP contribution in [0.25, 0.3) is 0 Å². The zero-order valence-corrected chi connectivity index (χ0v) is 15.1. The van der Waals surface area contributed by atoms with Gasteiger partial charge in [-0.2, -0.15) is 0 Å². The van der Waals surface area contributed by atoms with Crippen LogP contribution in [0.15, 0.2) is 53.4 Å². The number of halogens is 1. The van der Waals surface area contributed by atoms with Crippen molar-refractivity contribution >= 4 is 9.84 Å². The second-order valence-corrected chi connectivity index (χ2v) is 8.63. The molecule has 0 amide bonds. The Hall–Kier alpha value is -1.76. The summed E-state index contributed by atoms with van der Waals surface area (Å²) in [6, 6.07) is 12.6. The molecule has 25 heavy (non-hydrogen) atoms. The van der Waals surface area contributed by atoms with Gasteiger partial charge in [-0.3, -0.25) is 0 Å². The number of hydrogen-bond donors (Lipinski definition) is 1. The minimum absolute atomic E-state index is 0.140. The van der Waals surface area contributed by atoms with Gasteiger partial charge in [-0.1, -0.05) is 29.8 Å². The van der Waals surface area contributed by atoms with Crippen LogP contribution in [0.3, 0.4) is 0 Å². The molecule has 0 radical (unpaired) electrons. The molecule has 134 valence electrons. The Morgan fingerprint density at radius 2 is 1.72 bits per heavy atom. The Labute approximate surface area is 147 Å². The molecular formula is C19H22FNO3S. The number of sulfone groups is 1. The third-order valence-electron chi connectivity index (χ3n) is 4.77. The van der Waals surface area contributed by atoms with Crippen molar-refractivity contribution in [2.24, 2.45) is 5.73 Å². The second kappa shape index (κ2) is 6.52. The van der Waals surface area contributed by atoms with Gasteiger partial charge in [0.1, 0.15) is 5.82 Å². The largest absolute Gasteiger partial charge is 0.380 e. The third-order valence-corrected chi connectivity index (χ3v) is 7.08. The quantitative estimate of drug-likeness (QED) is 0.857. The average molecular weight is 363 g/mol. The van der Waals surface area contributed by atoms with E-state index in [1.165, 1.54) is 12.1 Å². The predicted octanol–water partition coefficient (Wildman–Crippen LogP) is 2.81. The highest BCUT2D eigenvalue weighted by Gasteiger charge is 2.69. The van der Waals surface area contributed by atoms with Gasteiger partial charge in [0.2, 0.25) is 0 Å². The fourth-order valence-electron chi connectivity index (χ4n) is 3.37. The summed E-state index contributed by atoms with van der Waals surface area (Å²) in [5.74, 6) is -0.791.